The van der Waals surface area contributed by atoms with Crippen LogP contribution >= 0.6 is 0 Å². The summed E-state index contributed by atoms with van der Waals surface area (Å²) in [4.78, 5) is 25.7. The molecule has 6 heteroatoms. The maximum absolute atomic E-state index is 12.3. The number of benzene rings is 2. The zero-order valence-electron chi connectivity index (χ0n) is 16.5. The van der Waals surface area contributed by atoms with Gasteiger partial charge in [-0.25, -0.2) is 4.79 Å². The van der Waals surface area contributed by atoms with Gasteiger partial charge < -0.3 is 19.4 Å². The zero-order valence-corrected chi connectivity index (χ0v) is 16.5. The van der Waals surface area contributed by atoms with E-state index < -0.39 is 0 Å². The number of carbonyl (C=O) groups excluding carboxylic acids is 1. The fourth-order valence-electron chi connectivity index (χ4n) is 4.46. The number of nitrogens with zero attached hydrogens (tertiary/aromatic N) is 1. The van der Waals surface area contributed by atoms with Crippen molar-refractivity contribution in [2.24, 2.45) is 0 Å². The molecule has 5 rings (SSSR count). The molecule has 0 saturated heterocycles. The molecule has 2 heterocycles. The van der Waals surface area contributed by atoms with Crippen LogP contribution in [0.2, 0.25) is 0 Å². The highest BCUT2D eigenvalue weighted by atomic mass is 16.5. The zero-order chi connectivity index (χ0) is 20.1. The summed E-state index contributed by atoms with van der Waals surface area (Å²) in [5, 5.41) is 3.82. The topological polar surface area (TPSA) is 71.8 Å². The van der Waals surface area contributed by atoms with Crippen molar-refractivity contribution in [2.45, 2.75) is 39.7 Å². The molecule has 0 atom stereocenters. The second kappa shape index (κ2) is 6.65. The first kappa shape index (κ1) is 17.8. The van der Waals surface area contributed by atoms with E-state index in [1.54, 1.807) is 0 Å². The highest BCUT2D eigenvalue weighted by Crippen LogP contribution is 2.39. The third-order valence-electron chi connectivity index (χ3n) is 5.80. The number of amides is 1. The molecule has 3 aromatic rings. The monoisotopic (exact) mass is 390 g/mol. The van der Waals surface area contributed by atoms with Crippen LogP contribution in [0.15, 0.2) is 39.5 Å². The van der Waals surface area contributed by atoms with Crippen molar-refractivity contribution in [3.05, 3.63) is 63.0 Å². The Morgan fingerprint density at radius 2 is 1.90 bits per heavy atom. The standard InChI is InChI=1S/C23H22N2O4/c1-13-21-15(10-20-18-4-3-5-19(18)23(27)29-22(13)20)11-25(12-28-21)17-8-6-16(7-9-17)24-14(2)26/h6-10H,3-5,11-12H2,1-2H3,(H,24,26). The molecule has 6 nitrogen and oxygen atoms in total. The van der Waals surface area contributed by atoms with Crippen molar-refractivity contribution in [3.63, 3.8) is 0 Å². The molecule has 1 amide bonds. The Balaban J connectivity index is 1.52. The minimum absolute atomic E-state index is 0.0884. The Bertz CT molecular complexity index is 1190. The average Bonchev–Trinajstić information content (AvgIpc) is 3.20. The fraction of sp³-hybridized carbons (Fsp3) is 0.304. The van der Waals surface area contributed by atoms with E-state index in [0.29, 0.717) is 18.9 Å². The van der Waals surface area contributed by atoms with Crippen LogP contribution in [0.5, 0.6) is 5.75 Å². The van der Waals surface area contributed by atoms with Gasteiger partial charge in [-0.1, -0.05) is 0 Å². The first-order chi connectivity index (χ1) is 14.0. The summed E-state index contributed by atoms with van der Waals surface area (Å²) in [5.74, 6) is 0.722. The molecule has 1 aliphatic heterocycles. The van der Waals surface area contributed by atoms with Gasteiger partial charge in [-0.3, -0.25) is 4.79 Å². The van der Waals surface area contributed by atoms with Crippen LogP contribution in [0.1, 0.15) is 35.6 Å². The molecular weight excluding hydrogens is 368 g/mol. The van der Waals surface area contributed by atoms with Gasteiger partial charge >= 0.3 is 5.63 Å². The van der Waals surface area contributed by atoms with E-state index in [-0.39, 0.29) is 11.5 Å². The summed E-state index contributed by atoms with van der Waals surface area (Å²) in [6, 6.07) is 9.86. The summed E-state index contributed by atoms with van der Waals surface area (Å²) in [6.07, 6.45) is 2.72. The SMILES string of the molecule is CC(=O)Nc1ccc(N2COc3c(cc4c5c(c(=O)oc4c3C)CCC5)C2)cc1. The van der Waals surface area contributed by atoms with Gasteiger partial charge in [0.1, 0.15) is 11.3 Å². The third kappa shape index (κ3) is 2.95. The van der Waals surface area contributed by atoms with Gasteiger partial charge in [-0.05, 0) is 62.1 Å². The van der Waals surface area contributed by atoms with Crippen molar-refractivity contribution in [2.75, 3.05) is 16.9 Å². The molecular formula is C23H22N2O4. The Morgan fingerprint density at radius 3 is 2.66 bits per heavy atom. The van der Waals surface area contributed by atoms with Crippen LogP contribution in [-0.2, 0) is 24.2 Å². The summed E-state index contributed by atoms with van der Waals surface area (Å²) in [7, 11) is 0. The first-order valence-corrected chi connectivity index (χ1v) is 9.87. The second-order valence-electron chi connectivity index (χ2n) is 7.77. The molecule has 0 saturated carbocycles. The quantitative estimate of drug-likeness (QED) is 0.672. The van der Waals surface area contributed by atoms with Crippen LogP contribution in [0.25, 0.3) is 11.0 Å². The first-order valence-electron chi connectivity index (χ1n) is 9.87. The lowest BCUT2D eigenvalue weighted by Crippen LogP contribution is -2.32. The number of rotatable bonds is 2. The van der Waals surface area contributed by atoms with Crippen molar-refractivity contribution in [1.82, 2.24) is 0 Å². The Kier molecular flexibility index (Phi) is 4.08. The van der Waals surface area contributed by atoms with Gasteiger partial charge in [0.15, 0.2) is 6.73 Å². The van der Waals surface area contributed by atoms with Gasteiger partial charge in [0.05, 0.1) is 0 Å². The minimum Gasteiger partial charge on any atom is -0.472 e. The maximum atomic E-state index is 12.3. The highest BCUT2D eigenvalue weighted by molar-refractivity contribution is 5.89. The van der Waals surface area contributed by atoms with Crippen LogP contribution in [0.3, 0.4) is 0 Å². The lowest BCUT2D eigenvalue weighted by atomic mass is 9.99. The van der Waals surface area contributed by atoms with Crippen LogP contribution in [0.4, 0.5) is 11.4 Å². The molecule has 0 bridgehead atoms. The maximum Gasteiger partial charge on any atom is 0.339 e. The largest absolute Gasteiger partial charge is 0.472 e. The van der Waals surface area contributed by atoms with Gasteiger partial charge in [0.2, 0.25) is 5.91 Å². The van der Waals surface area contributed by atoms with Gasteiger partial charge in [-0.2, -0.15) is 0 Å². The van der Waals surface area contributed by atoms with E-state index in [9.17, 15) is 9.59 Å². The summed E-state index contributed by atoms with van der Waals surface area (Å²) in [5.41, 5.74) is 6.20. The smallest absolute Gasteiger partial charge is 0.339 e. The van der Waals surface area contributed by atoms with E-state index in [2.05, 4.69) is 16.3 Å². The minimum atomic E-state index is -0.204. The van der Waals surface area contributed by atoms with E-state index in [4.69, 9.17) is 9.15 Å². The van der Waals surface area contributed by atoms with Crippen LogP contribution in [0, 0.1) is 6.92 Å². The molecule has 0 fully saturated rings. The Morgan fingerprint density at radius 1 is 1.14 bits per heavy atom. The lowest BCUT2D eigenvalue weighted by molar-refractivity contribution is -0.114. The summed E-state index contributed by atoms with van der Waals surface area (Å²) >= 11 is 0. The van der Waals surface area contributed by atoms with Gasteiger partial charge in [0, 0.05) is 46.9 Å². The van der Waals surface area contributed by atoms with Crippen LogP contribution < -0.4 is 20.6 Å². The number of nitrogens with one attached hydrogen (secondary N) is 1. The average molecular weight is 390 g/mol. The van der Waals surface area contributed by atoms with E-state index in [0.717, 1.165) is 64.0 Å². The molecule has 29 heavy (non-hydrogen) atoms. The number of aryl methyl sites for hydroxylation is 2. The number of fused-ring (bicyclic) bond motifs is 4. The molecule has 2 aromatic carbocycles. The number of hydrogen-bond acceptors (Lipinski definition) is 5. The number of anilines is 2. The highest BCUT2D eigenvalue weighted by Gasteiger charge is 2.26. The molecule has 0 unspecified atom stereocenters. The molecule has 0 spiro atoms. The van der Waals surface area contributed by atoms with E-state index >= 15 is 0 Å². The molecule has 1 N–H and O–H groups in total. The number of hydrogen-bond donors (Lipinski definition) is 1. The Hall–Kier alpha value is -3.28. The molecule has 0 radical (unpaired) electrons. The van der Waals surface area contributed by atoms with Crippen molar-refractivity contribution in [3.8, 4) is 5.75 Å². The third-order valence-corrected chi connectivity index (χ3v) is 5.80. The van der Waals surface area contributed by atoms with Crippen molar-refractivity contribution < 1.29 is 13.9 Å². The lowest BCUT2D eigenvalue weighted by Gasteiger charge is -2.32. The van der Waals surface area contributed by atoms with Crippen molar-refractivity contribution >= 4 is 28.3 Å². The Labute approximate surface area is 168 Å². The predicted octanol–water partition coefficient (Wildman–Crippen LogP) is 3.91. The molecule has 1 aliphatic carbocycles. The second-order valence-corrected chi connectivity index (χ2v) is 7.77. The molecule has 2 aliphatic rings. The van der Waals surface area contributed by atoms with Crippen molar-refractivity contribution in [1.29, 1.82) is 0 Å². The van der Waals surface area contributed by atoms with Gasteiger partial charge in [0.25, 0.3) is 0 Å². The van der Waals surface area contributed by atoms with Crippen LogP contribution in [-0.4, -0.2) is 12.6 Å². The molecule has 148 valence electrons. The summed E-state index contributed by atoms with van der Waals surface area (Å²) in [6.45, 7) is 4.58. The summed E-state index contributed by atoms with van der Waals surface area (Å²) < 4.78 is 11.8. The fourth-order valence-corrected chi connectivity index (χ4v) is 4.46. The van der Waals surface area contributed by atoms with E-state index in [1.807, 2.05) is 31.2 Å². The number of ether oxygens (including phenoxy) is 1. The normalized spacial score (nSPS) is 15.0. The van der Waals surface area contributed by atoms with E-state index in [1.165, 1.54) is 6.92 Å². The molecule has 1 aromatic heterocycles. The number of carbonyl (C=O) groups is 1. The predicted molar refractivity (Wildman–Crippen MR) is 112 cm³/mol. The van der Waals surface area contributed by atoms with Gasteiger partial charge in [-0.15, -0.1) is 0 Å².